The minimum atomic E-state index is -3.31. The molecule has 1 aliphatic heterocycles. The number of hydrogen-bond donors (Lipinski definition) is 1. The van der Waals surface area contributed by atoms with Crippen molar-refractivity contribution >= 4 is 27.3 Å². The lowest BCUT2D eigenvalue weighted by atomic mass is 10.0. The number of carbonyl (C=O) groups excluding carboxylic acids is 1. The average Bonchev–Trinajstić information content (AvgIpc) is 2.67. The van der Waals surface area contributed by atoms with Gasteiger partial charge in [0.15, 0.2) is 0 Å². The van der Waals surface area contributed by atoms with Crippen LogP contribution in [-0.2, 0) is 16.4 Å². The molecule has 0 aromatic heterocycles. The highest BCUT2D eigenvalue weighted by Crippen LogP contribution is 2.31. The largest absolute Gasteiger partial charge is 0.322 e. The normalized spacial score (nSPS) is 13.6. The average molecular weight is 369 g/mol. The summed E-state index contributed by atoms with van der Waals surface area (Å²) in [5, 5.41) is 11.8. The third-order valence-corrected chi connectivity index (χ3v) is 6.15. The number of fused-ring (bicyclic) bond motifs is 1. The Balaban J connectivity index is 1.85. The number of rotatable bonds is 4. The Morgan fingerprint density at radius 3 is 2.81 bits per heavy atom. The van der Waals surface area contributed by atoms with Crippen LogP contribution in [-0.4, -0.2) is 26.6 Å². The molecule has 3 rings (SSSR count). The van der Waals surface area contributed by atoms with Gasteiger partial charge in [0.05, 0.1) is 23.1 Å². The molecule has 1 aliphatic rings. The molecule has 7 heteroatoms. The molecule has 1 N–H and O–H groups in total. The van der Waals surface area contributed by atoms with E-state index in [2.05, 4.69) is 5.32 Å². The van der Waals surface area contributed by atoms with E-state index in [4.69, 9.17) is 5.26 Å². The van der Waals surface area contributed by atoms with Gasteiger partial charge in [-0.15, -0.1) is 0 Å². The number of nitrogens with one attached hydrogen (secondary N) is 1. The van der Waals surface area contributed by atoms with Gasteiger partial charge in [0.1, 0.15) is 0 Å². The fourth-order valence-electron chi connectivity index (χ4n) is 3.02. The zero-order valence-electron chi connectivity index (χ0n) is 14.4. The SMILES string of the molecule is CCS(=O)(=O)N1CCCc2cc(NC(=O)c3cccc(C#N)c3)ccc21. The lowest BCUT2D eigenvalue weighted by Gasteiger charge is -2.30. The molecular formula is C19H19N3O3S. The lowest BCUT2D eigenvalue weighted by Crippen LogP contribution is -2.36. The van der Waals surface area contributed by atoms with Gasteiger partial charge in [-0.1, -0.05) is 6.07 Å². The van der Waals surface area contributed by atoms with Crippen molar-refractivity contribution in [1.82, 2.24) is 0 Å². The van der Waals surface area contributed by atoms with Crippen molar-refractivity contribution in [2.24, 2.45) is 0 Å². The first-order valence-corrected chi connectivity index (χ1v) is 10.0. The second-order valence-electron chi connectivity index (χ2n) is 6.07. The Morgan fingerprint density at radius 2 is 2.08 bits per heavy atom. The number of nitriles is 1. The van der Waals surface area contributed by atoms with Crippen LogP contribution >= 0.6 is 0 Å². The number of benzene rings is 2. The van der Waals surface area contributed by atoms with Crippen molar-refractivity contribution < 1.29 is 13.2 Å². The highest BCUT2D eigenvalue weighted by molar-refractivity contribution is 7.92. The predicted molar refractivity (Wildman–Crippen MR) is 101 cm³/mol. The van der Waals surface area contributed by atoms with E-state index in [-0.39, 0.29) is 11.7 Å². The molecule has 0 aliphatic carbocycles. The Morgan fingerprint density at radius 1 is 1.27 bits per heavy atom. The van der Waals surface area contributed by atoms with Crippen LogP contribution in [0.3, 0.4) is 0 Å². The molecule has 0 spiro atoms. The molecule has 134 valence electrons. The van der Waals surface area contributed by atoms with Crippen molar-refractivity contribution in [2.75, 3.05) is 21.9 Å². The third-order valence-electron chi connectivity index (χ3n) is 4.37. The zero-order valence-corrected chi connectivity index (χ0v) is 15.2. The van der Waals surface area contributed by atoms with Crippen LogP contribution in [0.5, 0.6) is 0 Å². The minimum absolute atomic E-state index is 0.0557. The van der Waals surface area contributed by atoms with Crippen LogP contribution in [0.1, 0.15) is 34.8 Å². The molecule has 2 aromatic carbocycles. The number of amides is 1. The highest BCUT2D eigenvalue weighted by Gasteiger charge is 2.26. The molecule has 0 fully saturated rings. The second kappa shape index (κ2) is 7.18. The first-order valence-electron chi connectivity index (χ1n) is 8.39. The molecule has 0 saturated heterocycles. The Hall–Kier alpha value is -2.85. The zero-order chi connectivity index (χ0) is 18.7. The van der Waals surface area contributed by atoms with Gasteiger partial charge in [0.2, 0.25) is 10.0 Å². The van der Waals surface area contributed by atoms with Gasteiger partial charge in [-0.25, -0.2) is 8.42 Å². The number of nitrogens with zero attached hydrogens (tertiary/aromatic N) is 2. The smallest absolute Gasteiger partial charge is 0.255 e. The van der Waals surface area contributed by atoms with Crippen LogP contribution in [0.25, 0.3) is 0 Å². The topological polar surface area (TPSA) is 90.3 Å². The van der Waals surface area contributed by atoms with Crippen molar-refractivity contribution in [2.45, 2.75) is 19.8 Å². The van der Waals surface area contributed by atoms with Gasteiger partial charge in [-0.05, 0) is 61.7 Å². The van der Waals surface area contributed by atoms with Gasteiger partial charge in [0.25, 0.3) is 5.91 Å². The molecule has 0 unspecified atom stereocenters. The standard InChI is InChI=1S/C19H19N3O3S/c1-2-26(24,25)22-10-4-7-15-12-17(8-9-18(15)22)21-19(23)16-6-3-5-14(11-16)13-20/h3,5-6,8-9,11-12H,2,4,7,10H2,1H3,(H,21,23). The van der Waals surface area contributed by atoms with E-state index in [9.17, 15) is 13.2 Å². The molecule has 2 aromatic rings. The van der Waals surface area contributed by atoms with E-state index in [1.54, 1.807) is 37.3 Å². The molecule has 26 heavy (non-hydrogen) atoms. The Bertz CT molecular complexity index is 993. The van der Waals surface area contributed by atoms with Crippen molar-refractivity contribution in [3.8, 4) is 6.07 Å². The van der Waals surface area contributed by atoms with E-state index >= 15 is 0 Å². The quantitative estimate of drug-likeness (QED) is 0.897. The fourth-order valence-corrected chi connectivity index (χ4v) is 4.22. The van der Waals surface area contributed by atoms with Crippen LogP contribution in [0.4, 0.5) is 11.4 Å². The fraction of sp³-hybridized carbons (Fsp3) is 0.263. The van der Waals surface area contributed by atoms with Crippen molar-refractivity contribution in [3.05, 3.63) is 59.2 Å². The molecule has 6 nitrogen and oxygen atoms in total. The van der Waals surface area contributed by atoms with E-state index < -0.39 is 10.0 Å². The maximum atomic E-state index is 12.4. The number of carbonyl (C=O) groups is 1. The van der Waals surface area contributed by atoms with Crippen LogP contribution in [0.2, 0.25) is 0 Å². The molecule has 0 bridgehead atoms. The highest BCUT2D eigenvalue weighted by atomic mass is 32.2. The van der Waals surface area contributed by atoms with Crippen LogP contribution in [0, 0.1) is 11.3 Å². The summed E-state index contributed by atoms with van der Waals surface area (Å²) in [6, 6.07) is 13.7. The van der Waals surface area contributed by atoms with Crippen molar-refractivity contribution in [3.63, 3.8) is 0 Å². The third kappa shape index (κ3) is 3.55. The summed E-state index contributed by atoms with van der Waals surface area (Å²) in [5.74, 6) is -0.254. The van der Waals surface area contributed by atoms with Gasteiger partial charge in [-0.2, -0.15) is 5.26 Å². The molecule has 0 saturated carbocycles. The monoisotopic (exact) mass is 369 g/mol. The molecule has 0 atom stereocenters. The summed E-state index contributed by atoms with van der Waals surface area (Å²) >= 11 is 0. The van der Waals surface area contributed by atoms with Gasteiger partial charge in [0, 0.05) is 17.8 Å². The van der Waals surface area contributed by atoms with Gasteiger partial charge >= 0.3 is 0 Å². The molecular weight excluding hydrogens is 350 g/mol. The summed E-state index contributed by atoms with van der Waals surface area (Å²) in [5.41, 5.74) is 3.01. The number of anilines is 2. The first-order chi connectivity index (χ1) is 12.4. The Kier molecular flexibility index (Phi) is 4.96. The summed E-state index contributed by atoms with van der Waals surface area (Å²) in [6.07, 6.45) is 1.51. The maximum absolute atomic E-state index is 12.4. The molecule has 1 amide bonds. The summed E-state index contributed by atoms with van der Waals surface area (Å²) < 4.78 is 26.0. The maximum Gasteiger partial charge on any atom is 0.255 e. The van der Waals surface area contributed by atoms with Crippen LogP contribution < -0.4 is 9.62 Å². The van der Waals surface area contributed by atoms with Crippen molar-refractivity contribution in [1.29, 1.82) is 5.26 Å². The summed E-state index contributed by atoms with van der Waals surface area (Å²) in [4.78, 5) is 12.4. The number of aryl methyl sites for hydroxylation is 1. The van der Waals surface area contributed by atoms with Gasteiger partial charge < -0.3 is 5.32 Å². The van der Waals surface area contributed by atoms with E-state index in [1.807, 2.05) is 12.1 Å². The van der Waals surface area contributed by atoms with E-state index in [0.717, 1.165) is 18.4 Å². The summed E-state index contributed by atoms with van der Waals surface area (Å²) in [7, 11) is -3.31. The summed E-state index contributed by atoms with van der Waals surface area (Å²) in [6.45, 7) is 2.11. The first kappa shape index (κ1) is 18.0. The minimum Gasteiger partial charge on any atom is -0.322 e. The number of hydrogen-bond acceptors (Lipinski definition) is 4. The molecule has 0 radical (unpaired) electrons. The van der Waals surface area contributed by atoms with Gasteiger partial charge in [-0.3, -0.25) is 9.10 Å². The molecule has 1 heterocycles. The Labute approximate surface area is 153 Å². The lowest BCUT2D eigenvalue weighted by molar-refractivity contribution is 0.102. The van der Waals surface area contributed by atoms with E-state index in [1.165, 1.54) is 10.4 Å². The second-order valence-corrected chi connectivity index (χ2v) is 8.25. The van der Waals surface area contributed by atoms with E-state index in [0.29, 0.717) is 29.0 Å². The number of sulfonamides is 1. The predicted octanol–water partition coefficient (Wildman–Crippen LogP) is 2.91. The van der Waals surface area contributed by atoms with Crippen LogP contribution in [0.15, 0.2) is 42.5 Å².